The Hall–Kier alpha value is -2.34. The van der Waals surface area contributed by atoms with Crippen LogP contribution in [0.15, 0.2) is 36.4 Å². The molecule has 2 aromatic rings. The maximum Gasteiger partial charge on any atom is 0.423 e. The maximum atomic E-state index is 13.3. The van der Waals surface area contributed by atoms with Gasteiger partial charge in [0.25, 0.3) is 5.69 Å². The van der Waals surface area contributed by atoms with Crippen molar-refractivity contribution in [2.45, 2.75) is 44.0 Å². The van der Waals surface area contributed by atoms with E-state index in [-0.39, 0.29) is 17.8 Å². The summed E-state index contributed by atoms with van der Waals surface area (Å²) in [6.07, 6.45) is -1.89. The van der Waals surface area contributed by atoms with Crippen LogP contribution < -0.4 is 10.2 Å². The van der Waals surface area contributed by atoms with Crippen LogP contribution in [0.3, 0.4) is 0 Å². The zero-order chi connectivity index (χ0) is 27.4. The zero-order valence-corrected chi connectivity index (χ0v) is 22.7. The molecule has 13 heteroatoms. The minimum absolute atomic E-state index is 0.0195. The molecule has 7 nitrogen and oxygen atoms in total. The summed E-state index contributed by atoms with van der Waals surface area (Å²) in [5.41, 5.74) is -0.967. The Labute approximate surface area is 234 Å². The molecule has 2 aromatic carbocycles. The molecule has 0 bridgehead atoms. The number of piperazine rings is 1. The van der Waals surface area contributed by atoms with Crippen LogP contribution in [-0.2, 0) is 10.9 Å². The molecule has 1 saturated heterocycles. The molecule has 1 heterocycles. The highest BCUT2D eigenvalue weighted by Crippen LogP contribution is 2.38. The van der Waals surface area contributed by atoms with Crippen LogP contribution in [0.2, 0.25) is 10.0 Å². The van der Waals surface area contributed by atoms with E-state index in [0.29, 0.717) is 29.5 Å². The predicted octanol–water partition coefficient (Wildman–Crippen LogP) is 6.81. The van der Waals surface area contributed by atoms with Gasteiger partial charge in [-0.25, -0.2) is 0 Å². The molecule has 0 spiro atoms. The number of anilines is 2. The first kappa shape index (κ1) is 28.7. The Morgan fingerprint density at radius 2 is 1.74 bits per heavy atom. The second kappa shape index (κ2) is 12.2. The van der Waals surface area contributed by atoms with E-state index in [1.807, 2.05) is 12.1 Å². The van der Waals surface area contributed by atoms with Crippen molar-refractivity contribution in [1.29, 1.82) is 0 Å². The largest absolute Gasteiger partial charge is 0.423 e. The quantitative estimate of drug-likeness (QED) is 0.216. The van der Waals surface area contributed by atoms with Gasteiger partial charge in [0.1, 0.15) is 10.6 Å². The number of ether oxygens (including phenoxy) is 1. The maximum absolute atomic E-state index is 13.3. The van der Waals surface area contributed by atoms with Crippen LogP contribution in [-0.4, -0.2) is 59.7 Å². The summed E-state index contributed by atoms with van der Waals surface area (Å²) in [4.78, 5) is 15.1. The lowest BCUT2D eigenvalue weighted by Crippen LogP contribution is -2.49. The molecule has 4 rings (SSSR count). The average molecular weight is 591 g/mol. The number of benzene rings is 2. The predicted molar refractivity (Wildman–Crippen MR) is 147 cm³/mol. The van der Waals surface area contributed by atoms with Gasteiger partial charge >= 0.3 is 6.18 Å². The second-order valence-electron chi connectivity index (χ2n) is 9.38. The number of hydrogen-bond acceptors (Lipinski definition) is 6. The fraction of sp³-hybridized carbons (Fsp3) is 0.480. The van der Waals surface area contributed by atoms with Crippen molar-refractivity contribution in [3.63, 3.8) is 0 Å². The summed E-state index contributed by atoms with van der Waals surface area (Å²) < 4.78 is 45.8. The molecule has 0 amide bonds. The lowest BCUT2D eigenvalue weighted by molar-refractivity contribution is -0.388. The summed E-state index contributed by atoms with van der Waals surface area (Å²) in [6, 6.07) is 8.58. The van der Waals surface area contributed by atoms with E-state index in [1.54, 1.807) is 6.07 Å². The number of nitrogens with one attached hydrogen (secondary N) is 1. The van der Waals surface area contributed by atoms with E-state index in [4.69, 9.17) is 40.2 Å². The summed E-state index contributed by atoms with van der Waals surface area (Å²) in [7, 11) is 0. The number of halogens is 5. The number of thiocarbonyl (C=S) groups is 1. The van der Waals surface area contributed by atoms with E-state index in [0.717, 1.165) is 61.8 Å². The Balaban J connectivity index is 1.20. The van der Waals surface area contributed by atoms with E-state index in [9.17, 15) is 23.3 Å². The van der Waals surface area contributed by atoms with Crippen LogP contribution in [0.4, 0.5) is 30.2 Å². The molecule has 1 N–H and O–H groups in total. The van der Waals surface area contributed by atoms with Crippen molar-refractivity contribution in [3.8, 4) is 0 Å². The van der Waals surface area contributed by atoms with Gasteiger partial charge in [0.05, 0.1) is 27.7 Å². The summed E-state index contributed by atoms with van der Waals surface area (Å²) >= 11 is 17.8. The molecule has 0 unspecified atom stereocenters. The van der Waals surface area contributed by atoms with Gasteiger partial charge in [-0.1, -0.05) is 35.4 Å². The van der Waals surface area contributed by atoms with Gasteiger partial charge in [-0.15, -0.1) is 0 Å². The number of alkyl halides is 3. The van der Waals surface area contributed by atoms with Crippen LogP contribution in [0.5, 0.6) is 0 Å². The van der Waals surface area contributed by atoms with E-state index < -0.39 is 22.4 Å². The van der Waals surface area contributed by atoms with Gasteiger partial charge in [-0.05, 0) is 56.0 Å². The summed E-state index contributed by atoms with van der Waals surface area (Å²) in [6.45, 7) is 3.49. The fourth-order valence-electron chi connectivity index (χ4n) is 4.80. The molecule has 0 aromatic heterocycles. The van der Waals surface area contributed by atoms with Crippen molar-refractivity contribution >= 4 is 57.5 Å². The fourth-order valence-corrected chi connectivity index (χ4v) is 5.34. The standard InChI is InChI=1S/C25H27Cl2F3N4O3S/c26-21-7-4-18(14-22(21)27)32-9-11-33(12-10-32)24(38)15-37-19-5-1-16(2-6-19)31-17-3-8-23(34(35)36)20(13-17)25(28,29)30/h3-4,7-8,13-14,16,19,31H,1-2,5-6,9-12,15H2/t16-,19-. The van der Waals surface area contributed by atoms with E-state index >= 15 is 0 Å². The van der Waals surface area contributed by atoms with Gasteiger partial charge in [0, 0.05) is 49.7 Å². The Bertz CT molecular complexity index is 1170. The number of hydrogen-bond donors (Lipinski definition) is 1. The first-order valence-corrected chi connectivity index (χ1v) is 13.4. The lowest BCUT2D eigenvalue weighted by Gasteiger charge is -2.38. The molecule has 0 atom stereocenters. The third-order valence-corrected chi connectivity index (χ3v) is 8.00. The number of nitro benzene ring substituents is 1. The monoisotopic (exact) mass is 590 g/mol. The zero-order valence-electron chi connectivity index (χ0n) is 20.3. The van der Waals surface area contributed by atoms with Crippen molar-refractivity contribution in [2.75, 3.05) is 43.0 Å². The van der Waals surface area contributed by atoms with Gasteiger partial charge in [-0.3, -0.25) is 10.1 Å². The number of nitro groups is 1. The Morgan fingerprint density at radius 1 is 1.05 bits per heavy atom. The SMILES string of the molecule is O=[N+]([O-])c1ccc(N[C@H]2CC[C@H](OCC(=S)N3CCN(c4ccc(Cl)c(Cl)c4)CC3)CC2)cc1C(F)(F)F. The molecular weight excluding hydrogens is 564 g/mol. The van der Waals surface area contributed by atoms with Crippen molar-refractivity contribution in [1.82, 2.24) is 4.90 Å². The highest BCUT2D eigenvalue weighted by molar-refractivity contribution is 7.80. The highest BCUT2D eigenvalue weighted by Gasteiger charge is 2.38. The first-order valence-electron chi connectivity index (χ1n) is 12.2. The molecule has 1 aliphatic carbocycles. The van der Waals surface area contributed by atoms with Gasteiger partial charge in [-0.2, -0.15) is 13.2 Å². The Morgan fingerprint density at radius 3 is 2.34 bits per heavy atom. The highest BCUT2D eigenvalue weighted by atomic mass is 35.5. The topological polar surface area (TPSA) is 70.9 Å². The van der Waals surface area contributed by atoms with Crippen molar-refractivity contribution < 1.29 is 22.8 Å². The van der Waals surface area contributed by atoms with E-state index in [1.165, 1.54) is 6.07 Å². The van der Waals surface area contributed by atoms with Crippen molar-refractivity contribution in [2.24, 2.45) is 0 Å². The van der Waals surface area contributed by atoms with Gasteiger partial charge < -0.3 is 19.9 Å². The van der Waals surface area contributed by atoms with Gasteiger partial charge in [0.2, 0.25) is 0 Å². The van der Waals surface area contributed by atoms with E-state index in [2.05, 4.69) is 15.1 Å². The number of nitrogens with zero attached hydrogens (tertiary/aromatic N) is 3. The average Bonchev–Trinajstić information content (AvgIpc) is 2.89. The Kier molecular flexibility index (Phi) is 9.23. The molecule has 1 saturated carbocycles. The van der Waals surface area contributed by atoms with Crippen molar-refractivity contribution in [3.05, 3.63) is 62.1 Å². The molecule has 206 valence electrons. The van der Waals surface area contributed by atoms with Crippen LogP contribution in [0, 0.1) is 10.1 Å². The van der Waals surface area contributed by atoms with Gasteiger partial charge in [0.15, 0.2) is 0 Å². The molecule has 0 radical (unpaired) electrons. The molecule has 2 aliphatic rings. The lowest BCUT2D eigenvalue weighted by atomic mass is 9.92. The minimum atomic E-state index is -4.81. The minimum Gasteiger partial charge on any atom is -0.382 e. The first-order chi connectivity index (χ1) is 18.0. The number of rotatable bonds is 7. The normalized spacial score (nSPS) is 20.3. The third-order valence-electron chi connectivity index (χ3n) is 6.89. The smallest absolute Gasteiger partial charge is 0.382 e. The molecule has 2 fully saturated rings. The molecule has 38 heavy (non-hydrogen) atoms. The van der Waals surface area contributed by atoms with Crippen LogP contribution in [0.1, 0.15) is 31.2 Å². The summed E-state index contributed by atoms with van der Waals surface area (Å²) in [5, 5.41) is 15.1. The molecular formula is C25H27Cl2F3N4O3S. The summed E-state index contributed by atoms with van der Waals surface area (Å²) in [5.74, 6) is 0. The van der Waals surface area contributed by atoms with Crippen LogP contribution >= 0.6 is 35.4 Å². The van der Waals surface area contributed by atoms with Crippen LogP contribution in [0.25, 0.3) is 0 Å². The third kappa shape index (κ3) is 7.19. The molecule has 1 aliphatic heterocycles. The second-order valence-corrected chi connectivity index (χ2v) is 10.7.